The Morgan fingerprint density at radius 3 is 2.37 bits per heavy atom. The summed E-state index contributed by atoms with van der Waals surface area (Å²) in [4.78, 5) is 26.1. The summed E-state index contributed by atoms with van der Waals surface area (Å²) in [6.45, 7) is 6.22. The number of aliphatic hydroxyl groups is 2. The van der Waals surface area contributed by atoms with Crippen LogP contribution in [0.15, 0.2) is 54.6 Å². The second-order valence-electron chi connectivity index (χ2n) is 9.69. The van der Waals surface area contributed by atoms with Gasteiger partial charge in [0.1, 0.15) is 5.82 Å². The minimum Gasteiger partial charge on any atom is -0.481 e. The largest absolute Gasteiger partial charge is 0.481 e. The van der Waals surface area contributed by atoms with Crippen LogP contribution in [-0.2, 0) is 11.3 Å². The molecule has 0 saturated heterocycles. The highest BCUT2D eigenvalue weighted by molar-refractivity contribution is 5.95. The zero-order chi connectivity index (χ0) is 28.0. The molecule has 0 fully saturated rings. The van der Waals surface area contributed by atoms with Gasteiger partial charge in [0, 0.05) is 25.6 Å². The van der Waals surface area contributed by atoms with Crippen molar-refractivity contribution in [1.29, 1.82) is 0 Å². The van der Waals surface area contributed by atoms with Gasteiger partial charge in [-0.15, -0.1) is 0 Å². The summed E-state index contributed by atoms with van der Waals surface area (Å²) in [7, 11) is 1.71. The number of aromatic nitrogens is 2. The van der Waals surface area contributed by atoms with Gasteiger partial charge in [0.15, 0.2) is 5.69 Å². The molecule has 0 aliphatic rings. The molecule has 0 unspecified atom stereocenters. The molecule has 3 rings (SSSR count). The number of carbonyl (C=O) groups excluding carboxylic acids is 1. The molecule has 0 aliphatic heterocycles. The van der Waals surface area contributed by atoms with Crippen LogP contribution in [0.3, 0.4) is 0 Å². The molecule has 9 heteroatoms. The second-order valence-corrected chi connectivity index (χ2v) is 9.69. The number of carboxylic acid groups (broad SMARTS) is 1. The lowest BCUT2D eigenvalue weighted by molar-refractivity contribution is -0.139. The standard InChI is InChI=1S/C29H34FN3O5/c1-18(2)27-25(14-13-23(34)15-24(35)16-26(36)37)33(22-11-9-21(30)10-12-22)31-28(27)29(38)32(4)17-20-8-6-5-7-19(20)3/h5-14,18,23-24,34-35H,15-17H2,1-4H3,(H,36,37)/b14-13+/t23-,24+/m0/s1. The third-order valence-electron chi connectivity index (χ3n) is 6.23. The average Bonchev–Trinajstić information content (AvgIpc) is 3.23. The Morgan fingerprint density at radius 2 is 1.76 bits per heavy atom. The molecule has 1 heterocycles. The van der Waals surface area contributed by atoms with Crippen LogP contribution >= 0.6 is 0 Å². The minimum absolute atomic E-state index is 0.135. The highest BCUT2D eigenvalue weighted by Gasteiger charge is 2.27. The van der Waals surface area contributed by atoms with Crippen molar-refractivity contribution in [3.8, 4) is 5.69 Å². The fraction of sp³-hybridized carbons (Fsp3) is 0.345. The molecule has 1 amide bonds. The van der Waals surface area contributed by atoms with E-state index in [0.29, 0.717) is 23.5 Å². The summed E-state index contributed by atoms with van der Waals surface area (Å²) < 4.78 is 15.2. The van der Waals surface area contributed by atoms with Gasteiger partial charge in [0.25, 0.3) is 5.91 Å². The molecule has 3 aromatic rings. The van der Waals surface area contributed by atoms with Gasteiger partial charge in [0.05, 0.1) is 30.0 Å². The maximum Gasteiger partial charge on any atom is 0.305 e. The predicted octanol–water partition coefficient (Wildman–Crippen LogP) is 4.32. The van der Waals surface area contributed by atoms with Crippen molar-refractivity contribution in [3.63, 3.8) is 0 Å². The van der Waals surface area contributed by atoms with Crippen molar-refractivity contribution in [3.05, 3.63) is 88.5 Å². The van der Waals surface area contributed by atoms with Crippen molar-refractivity contribution in [2.24, 2.45) is 0 Å². The van der Waals surface area contributed by atoms with E-state index in [2.05, 4.69) is 5.10 Å². The maximum atomic E-state index is 13.7. The Morgan fingerprint density at radius 1 is 1.11 bits per heavy atom. The van der Waals surface area contributed by atoms with Crippen LogP contribution in [0.2, 0.25) is 0 Å². The van der Waals surface area contributed by atoms with Crippen LogP contribution in [0.5, 0.6) is 0 Å². The number of amides is 1. The molecular formula is C29H34FN3O5. The molecule has 3 N–H and O–H groups in total. The van der Waals surface area contributed by atoms with Crippen molar-refractivity contribution in [1.82, 2.24) is 14.7 Å². The average molecular weight is 524 g/mol. The van der Waals surface area contributed by atoms with Gasteiger partial charge in [-0.1, -0.05) is 44.2 Å². The molecule has 0 spiro atoms. The fourth-order valence-electron chi connectivity index (χ4n) is 4.25. The van der Waals surface area contributed by atoms with E-state index in [9.17, 15) is 24.2 Å². The summed E-state index contributed by atoms with van der Waals surface area (Å²) in [6, 6.07) is 13.5. The molecule has 2 aromatic carbocycles. The van der Waals surface area contributed by atoms with Crippen molar-refractivity contribution >= 4 is 18.0 Å². The monoisotopic (exact) mass is 523 g/mol. The van der Waals surface area contributed by atoms with Gasteiger partial charge in [-0.2, -0.15) is 5.10 Å². The normalized spacial score (nSPS) is 13.2. The first-order chi connectivity index (χ1) is 18.0. The van der Waals surface area contributed by atoms with Crippen LogP contribution in [0.4, 0.5) is 4.39 Å². The number of halogens is 1. The second kappa shape index (κ2) is 12.6. The first kappa shape index (κ1) is 28.7. The van der Waals surface area contributed by atoms with Crippen LogP contribution in [0, 0.1) is 12.7 Å². The molecule has 2 atom stereocenters. The van der Waals surface area contributed by atoms with Gasteiger partial charge in [-0.05, 0) is 54.3 Å². The highest BCUT2D eigenvalue weighted by Crippen LogP contribution is 2.29. The van der Waals surface area contributed by atoms with Crippen LogP contribution in [0.25, 0.3) is 11.8 Å². The van der Waals surface area contributed by atoms with Crippen LogP contribution in [-0.4, -0.2) is 61.1 Å². The van der Waals surface area contributed by atoms with E-state index < -0.39 is 30.4 Å². The summed E-state index contributed by atoms with van der Waals surface area (Å²) in [5, 5.41) is 33.8. The number of rotatable bonds is 11. The van der Waals surface area contributed by atoms with Gasteiger partial charge in [-0.3, -0.25) is 9.59 Å². The zero-order valence-corrected chi connectivity index (χ0v) is 22.0. The van der Waals surface area contributed by atoms with E-state index in [-0.39, 0.29) is 23.9 Å². The number of carboxylic acids is 1. The lowest BCUT2D eigenvalue weighted by Crippen LogP contribution is -2.28. The smallest absolute Gasteiger partial charge is 0.305 e. The zero-order valence-electron chi connectivity index (χ0n) is 22.0. The van der Waals surface area contributed by atoms with E-state index >= 15 is 0 Å². The molecule has 1 aromatic heterocycles. The third kappa shape index (κ3) is 7.14. The highest BCUT2D eigenvalue weighted by atomic mass is 19.1. The Hall–Kier alpha value is -3.82. The van der Waals surface area contributed by atoms with Crippen LogP contribution < -0.4 is 0 Å². The molecule has 0 radical (unpaired) electrons. The number of nitrogens with zero attached hydrogens (tertiary/aromatic N) is 3. The summed E-state index contributed by atoms with van der Waals surface area (Å²) in [6.07, 6.45) is 0.0212. The van der Waals surface area contributed by atoms with E-state index in [1.54, 1.807) is 30.2 Å². The first-order valence-electron chi connectivity index (χ1n) is 12.4. The van der Waals surface area contributed by atoms with Crippen molar-refractivity contribution in [2.75, 3.05) is 7.05 Å². The first-order valence-corrected chi connectivity index (χ1v) is 12.4. The van der Waals surface area contributed by atoms with Gasteiger partial charge in [-0.25, -0.2) is 9.07 Å². The van der Waals surface area contributed by atoms with Crippen molar-refractivity contribution < 1.29 is 29.3 Å². The maximum absolute atomic E-state index is 13.7. The summed E-state index contributed by atoms with van der Waals surface area (Å²) >= 11 is 0. The quantitative estimate of drug-likeness (QED) is 0.345. The minimum atomic E-state index is -1.22. The van der Waals surface area contributed by atoms with Crippen molar-refractivity contribution in [2.45, 2.75) is 58.3 Å². The Balaban J connectivity index is 2.03. The Kier molecular flexibility index (Phi) is 9.55. The van der Waals surface area contributed by atoms with E-state index in [1.807, 2.05) is 45.0 Å². The van der Waals surface area contributed by atoms with Gasteiger partial charge in [0.2, 0.25) is 0 Å². The number of aryl methyl sites for hydroxylation is 1. The van der Waals surface area contributed by atoms with Gasteiger partial charge >= 0.3 is 5.97 Å². The molecule has 0 bridgehead atoms. The Bertz CT molecular complexity index is 1300. The molecule has 202 valence electrons. The summed E-state index contributed by atoms with van der Waals surface area (Å²) in [5.41, 5.74) is 4.00. The van der Waals surface area contributed by atoms with Crippen LogP contribution in [0.1, 0.15) is 65.5 Å². The number of aliphatic hydroxyl groups excluding tert-OH is 2. The molecule has 8 nitrogen and oxygen atoms in total. The molecular weight excluding hydrogens is 489 g/mol. The number of aliphatic carboxylic acids is 1. The number of benzene rings is 2. The predicted molar refractivity (Wildman–Crippen MR) is 143 cm³/mol. The van der Waals surface area contributed by atoms with Gasteiger partial charge < -0.3 is 20.2 Å². The Labute approximate surface area is 221 Å². The fourth-order valence-corrected chi connectivity index (χ4v) is 4.25. The van der Waals surface area contributed by atoms with E-state index in [1.165, 1.54) is 22.9 Å². The lowest BCUT2D eigenvalue weighted by Gasteiger charge is -2.19. The topological polar surface area (TPSA) is 116 Å². The van der Waals surface area contributed by atoms with E-state index in [0.717, 1.165) is 11.1 Å². The number of hydrogen-bond donors (Lipinski definition) is 3. The van der Waals surface area contributed by atoms with E-state index in [4.69, 9.17) is 5.11 Å². The molecule has 0 saturated carbocycles. The third-order valence-corrected chi connectivity index (χ3v) is 6.23. The molecule has 38 heavy (non-hydrogen) atoms. The number of carbonyl (C=O) groups is 2. The number of hydrogen-bond acceptors (Lipinski definition) is 5. The lowest BCUT2D eigenvalue weighted by atomic mass is 9.98. The molecule has 0 aliphatic carbocycles. The SMILES string of the molecule is Cc1ccccc1CN(C)C(=O)c1nn(-c2ccc(F)cc2)c(/C=C/[C@H](O)C[C@@H](O)CC(=O)O)c1C(C)C. The summed E-state index contributed by atoms with van der Waals surface area (Å²) in [5.74, 6) is -2.00.